The van der Waals surface area contributed by atoms with Crippen LogP contribution in [0.25, 0.3) is 0 Å². The molecule has 1 heterocycles. The van der Waals surface area contributed by atoms with E-state index in [4.69, 9.17) is 5.73 Å². The number of guanidine groups is 1. The maximum atomic E-state index is 6.19. The zero-order valence-corrected chi connectivity index (χ0v) is 11.6. The van der Waals surface area contributed by atoms with Crippen LogP contribution in [0.3, 0.4) is 0 Å². The number of nitrogens with zero attached hydrogens (tertiary/aromatic N) is 2. The van der Waals surface area contributed by atoms with Crippen LogP contribution >= 0.6 is 0 Å². The second-order valence-corrected chi connectivity index (χ2v) is 5.88. The summed E-state index contributed by atoms with van der Waals surface area (Å²) in [4.78, 5) is 6.75. The van der Waals surface area contributed by atoms with Gasteiger partial charge in [-0.2, -0.15) is 0 Å². The molecule has 1 aliphatic rings. The zero-order chi connectivity index (χ0) is 13.2. The van der Waals surface area contributed by atoms with Gasteiger partial charge >= 0.3 is 0 Å². The van der Waals surface area contributed by atoms with Gasteiger partial charge in [-0.1, -0.05) is 18.2 Å². The van der Waals surface area contributed by atoms with Gasteiger partial charge < -0.3 is 10.6 Å². The molecule has 98 valence electrons. The van der Waals surface area contributed by atoms with Gasteiger partial charge in [-0.25, -0.2) is 4.99 Å². The molecule has 0 atom stereocenters. The molecule has 1 aromatic rings. The van der Waals surface area contributed by atoms with Crippen molar-refractivity contribution >= 4 is 11.6 Å². The van der Waals surface area contributed by atoms with E-state index >= 15 is 0 Å². The summed E-state index contributed by atoms with van der Waals surface area (Å²) in [6.07, 6.45) is 3.51. The number of rotatable bonds is 0. The molecule has 0 amide bonds. The van der Waals surface area contributed by atoms with Crippen molar-refractivity contribution in [2.45, 2.75) is 45.6 Å². The zero-order valence-electron chi connectivity index (χ0n) is 11.6. The number of benzene rings is 1. The van der Waals surface area contributed by atoms with E-state index in [0.29, 0.717) is 5.96 Å². The van der Waals surface area contributed by atoms with Crippen molar-refractivity contribution in [3.05, 3.63) is 29.8 Å². The molecule has 2 N–H and O–H groups in total. The number of anilines is 1. The lowest BCUT2D eigenvalue weighted by Crippen LogP contribution is -2.40. The lowest BCUT2D eigenvalue weighted by Gasteiger charge is -2.26. The van der Waals surface area contributed by atoms with Gasteiger partial charge in [0.05, 0.1) is 5.54 Å². The van der Waals surface area contributed by atoms with E-state index in [-0.39, 0.29) is 5.54 Å². The highest BCUT2D eigenvalue weighted by Gasteiger charge is 2.19. The predicted octanol–water partition coefficient (Wildman–Crippen LogP) is 2.94. The third-order valence-corrected chi connectivity index (χ3v) is 3.09. The molecule has 3 nitrogen and oxygen atoms in total. The Hall–Kier alpha value is -1.51. The van der Waals surface area contributed by atoms with Crippen molar-refractivity contribution in [2.24, 2.45) is 10.7 Å². The Balaban J connectivity index is 2.36. The summed E-state index contributed by atoms with van der Waals surface area (Å²) in [5.74, 6) is 0.636. The smallest absolute Gasteiger partial charge is 0.196 e. The largest absolute Gasteiger partial charge is 0.369 e. The maximum Gasteiger partial charge on any atom is 0.196 e. The second-order valence-electron chi connectivity index (χ2n) is 5.88. The normalized spacial score (nSPS) is 17.3. The first kappa shape index (κ1) is 12.9. The minimum absolute atomic E-state index is 0.134. The summed E-state index contributed by atoms with van der Waals surface area (Å²) >= 11 is 0. The molecule has 0 bridgehead atoms. The number of nitrogens with two attached hydrogens (primary N) is 1. The van der Waals surface area contributed by atoms with E-state index in [1.807, 2.05) is 0 Å². The van der Waals surface area contributed by atoms with E-state index in [0.717, 1.165) is 19.4 Å². The van der Waals surface area contributed by atoms with Crippen molar-refractivity contribution in [3.63, 3.8) is 0 Å². The second kappa shape index (κ2) is 5.01. The van der Waals surface area contributed by atoms with Gasteiger partial charge in [-0.05, 0) is 51.7 Å². The first-order chi connectivity index (χ1) is 8.47. The molecule has 2 rings (SSSR count). The summed E-state index contributed by atoms with van der Waals surface area (Å²) in [7, 11) is 0. The van der Waals surface area contributed by atoms with Gasteiger partial charge in [0, 0.05) is 12.2 Å². The molecular weight excluding hydrogens is 222 g/mol. The Morgan fingerprint density at radius 1 is 1.22 bits per heavy atom. The third kappa shape index (κ3) is 3.03. The number of aliphatic imine (C=N–C) groups is 1. The minimum Gasteiger partial charge on any atom is -0.369 e. The van der Waals surface area contributed by atoms with Crippen LogP contribution in [-0.4, -0.2) is 18.0 Å². The predicted molar refractivity (Wildman–Crippen MR) is 78.1 cm³/mol. The molecule has 0 saturated heterocycles. The SMILES string of the molecule is CC(C)(C)N=C(N)N1CCCCc2ccccc21. The summed E-state index contributed by atoms with van der Waals surface area (Å²) in [6.45, 7) is 7.18. The fraction of sp³-hybridized carbons (Fsp3) is 0.533. The van der Waals surface area contributed by atoms with Crippen molar-refractivity contribution in [1.82, 2.24) is 0 Å². The molecule has 0 aromatic heterocycles. The minimum atomic E-state index is -0.134. The lowest BCUT2D eigenvalue weighted by molar-refractivity contribution is 0.580. The fourth-order valence-corrected chi connectivity index (χ4v) is 2.33. The highest BCUT2D eigenvalue weighted by molar-refractivity contribution is 5.95. The van der Waals surface area contributed by atoms with Gasteiger partial charge in [0.2, 0.25) is 0 Å². The number of hydrogen-bond acceptors (Lipinski definition) is 1. The molecule has 18 heavy (non-hydrogen) atoms. The molecular formula is C15H23N3. The molecule has 0 unspecified atom stereocenters. The van der Waals surface area contributed by atoms with Gasteiger partial charge in [0.25, 0.3) is 0 Å². The highest BCUT2D eigenvalue weighted by atomic mass is 15.3. The average Bonchev–Trinajstić information content (AvgIpc) is 2.48. The van der Waals surface area contributed by atoms with Crippen LogP contribution in [0.5, 0.6) is 0 Å². The van der Waals surface area contributed by atoms with Crippen LogP contribution in [-0.2, 0) is 6.42 Å². The standard InChI is InChI=1S/C15H23N3/c1-15(2,3)17-14(16)18-11-7-6-9-12-8-4-5-10-13(12)18/h4-5,8,10H,6-7,9,11H2,1-3H3,(H2,16,17). The molecule has 0 aliphatic carbocycles. The average molecular weight is 245 g/mol. The van der Waals surface area contributed by atoms with Crippen molar-refractivity contribution in [3.8, 4) is 0 Å². The van der Waals surface area contributed by atoms with Crippen LogP contribution in [0.1, 0.15) is 39.2 Å². The molecule has 0 saturated carbocycles. The summed E-state index contributed by atoms with van der Waals surface area (Å²) in [5, 5.41) is 0. The van der Waals surface area contributed by atoms with Gasteiger partial charge in [-0.3, -0.25) is 0 Å². The Labute approximate surface area is 110 Å². The Morgan fingerprint density at radius 3 is 2.67 bits per heavy atom. The van der Waals surface area contributed by atoms with Crippen molar-refractivity contribution < 1.29 is 0 Å². The molecule has 0 radical (unpaired) electrons. The van der Waals surface area contributed by atoms with Crippen LogP contribution in [0, 0.1) is 0 Å². The van der Waals surface area contributed by atoms with Crippen molar-refractivity contribution in [1.29, 1.82) is 0 Å². The van der Waals surface area contributed by atoms with E-state index in [1.165, 1.54) is 17.7 Å². The lowest BCUT2D eigenvalue weighted by atomic mass is 10.1. The van der Waals surface area contributed by atoms with Crippen LogP contribution in [0.4, 0.5) is 5.69 Å². The van der Waals surface area contributed by atoms with E-state index < -0.39 is 0 Å². The van der Waals surface area contributed by atoms with Gasteiger partial charge in [0.15, 0.2) is 5.96 Å². The van der Waals surface area contributed by atoms with Crippen LogP contribution < -0.4 is 10.6 Å². The quantitative estimate of drug-likeness (QED) is 0.564. The van der Waals surface area contributed by atoms with E-state index in [2.05, 4.69) is 54.9 Å². The maximum absolute atomic E-state index is 6.19. The third-order valence-electron chi connectivity index (χ3n) is 3.09. The molecule has 1 aliphatic heterocycles. The summed E-state index contributed by atoms with van der Waals surface area (Å²) in [5.41, 5.74) is 8.66. The monoisotopic (exact) mass is 245 g/mol. The number of hydrogen-bond donors (Lipinski definition) is 1. The van der Waals surface area contributed by atoms with E-state index in [1.54, 1.807) is 0 Å². The number of aryl methyl sites for hydroxylation is 1. The topological polar surface area (TPSA) is 41.6 Å². The Kier molecular flexibility index (Phi) is 3.60. The summed E-state index contributed by atoms with van der Waals surface area (Å²) in [6, 6.07) is 8.50. The van der Waals surface area contributed by atoms with Gasteiger partial charge in [0.1, 0.15) is 0 Å². The first-order valence-electron chi connectivity index (χ1n) is 6.68. The van der Waals surface area contributed by atoms with Crippen LogP contribution in [0.2, 0.25) is 0 Å². The number of fused-ring (bicyclic) bond motifs is 1. The van der Waals surface area contributed by atoms with Crippen molar-refractivity contribution in [2.75, 3.05) is 11.4 Å². The molecule has 0 spiro atoms. The molecule has 3 heteroatoms. The Bertz CT molecular complexity index is 443. The highest BCUT2D eigenvalue weighted by Crippen LogP contribution is 2.26. The number of para-hydroxylation sites is 1. The van der Waals surface area contributed by atoms with E-state index in [9.17, 15) is 0 Å². The summed E-state index contributed by atoms with van der Waals surface area (Å²) < 4.78 is 0. The Morgan fingerprint density at radius 2 is 1.94 bits per heavy atom. The fourth-order valence-electron chi connectivity index (χ4n) is 2.33. The first-order valence-corrected chi connectivity index (χ1v) is 6.68. The van der Waals surface area contributed by atoms with Gasteiger partial charge in [-0.15, -0.1) is 0 Å². The molecule has 1 aromatic carbocycles. The van der Waals surface area contributed by atoms with Crippen LogP contribution in [0.15, 0.2) is 29.3 Å². The molecule has 0 fully saturated rings.